The van der Waals surface area contributed by atoms with Crippen molar-refractivity contribution in [1.82, 2.24) is 10.3 Å². The van der Waals surface area contributed by atoms with Crippen molar-refractivity contribution in [3.8, 4) is 0 Å². The van der Waals surface area contributed by atoms with Crippen LogP contribution in [-0.4, -0.2) is 29.6 Å². The smallest absolute Gasteiger partial charge is 0.271 e. The average molecular weight is 272 g/mol. The molecule has 0 bridgehead atoms. The van der Waals surface area contributed by atoms with E-state index in [0.29, 0.717) is 13.2 Å². The fourth-order valence-corrected chi connectivity index (χ4v) is 1.63. The summed E-state index contributed by atoms with van der Waals surface area (Å²) in [6.07, 6.45) is 0. The molecule has 0 atom stereocenters. The van der Waals surface area contributed by atoms with Crippen LogP contribution in [-0.2, 0) is 4.74 Å². The Morgan fingerprint density at radius 3 is 2.83 bits per heavy atom. The number of carbonyl (C=O) groups excluding carboxylic acids is 1. The van der Waals surface area contributed by atoms with Crippen molar-refractivity contribution in [1.29, 1.82) is 0 Å². The van der Waals surface area contributed by atoms with Gasteiger partial charge < -0.3 is 15.8 Å². The number of amides is 1. The van der Waals surface area contributed by atoms with Crippen LogP contribution in [0.1, 0.15) is 31.3 Å². The molecule has 0 fully saturated rings. The van der Waals surface area contributed by atoms with Crippen molar-refractivity contribution in [2.45, 2.75) is 26.4 Å². The maximum atomic E-state index is 11.9. The number of anilines is 1. The highest BCUT2D eigenvalue weighted by molar-refractivity contribution is 6.33. The summed E-state index contributed by atoms with van der Waals surface area (Å²) in [5.74, 6) is -0.103. The van der Waals surface area contributed by atoms with Crippen LogP contribution in [0.3, 0.4) is 0 Å². The second kappa shape index (κ2) is 6.02. The van der Waals surface area contributed by atoms with E-state index in [4.69, 9.17) is 22.1 Å². The highest BCUT2D eigenvalue weighted by Gasteiger charge is 2.20. The van der Waals surface area contributed by atoms with Gasteiger partial charge in [-0.25, -0.2) is 4.98 Å². The van der Waals surface area contributed by atoms with Crippen LogP contribution >= 0.6 is 11.6 Å². The van der Waals surface area contributed by atoms with Crippen molar-refractivity contribution in [3.05, 3.63) is 22.8 Å². The molecule has 0 aliphatic rings. The molecular weight excluding hydrogens is 254 g/mol. The van der Waals surface area contributed by atoms with Gasteiger partial charge in [-0.15, -0.1) is 0 Å². The number of pyridine rings is 1. The zero-order chi connectivity index (χ0) is 13.8. The van der Waals surface area contributed by atoms with Gasteiger partial charge in [-0.3, -0.25) is 4.79 Å². The third kappa shape index (κ3) is 4.16. The summed E-state index contributed by atoms with van der Waals surface area (Å²) in [6, 6.07) is 3.09. The topological polar surface area (TPSA) is 77.2 Å². The van der Waals surface area contributed by atoms with E-state index in [1.54, 1.807) is 12.1 Å². The second-order valence-electron chi connectivity index (χ2n) is 4.44. The Labute approximate surface area is 112 Å². The van der Waals surface area contributed by atoms with Crippen molar-refractivity contribution >= 4 is 23.3 Å². The SMILES string of the molecule is CCOC(C)(C)CNC(=O)c1nc(N)ccc1Cl. The number of hydrogen-bond donors (Lipinski definition) is 2. The number of rotatable bonds is 5. The second-order valence-corrected chi connectivity index (χ2v) is 4.85. The lowest BCUT2D eigenvalue weighted by molar-refractivity contribution is -0.00818. The number of halogens is 1. The van der Waals surface area contributed by atoms with E-state index >= 15 is 0 Å². The molecule has 100 valence electrons. The Morgan fingerprint density at radius 1 is 1.56 bits per heavy atom. The molecule has 6 heteroatoms. The summed E-state index contributed by atoms with van der Waals surface area (Å²) in [7, 11) is 0. The number of nitrogen functional groups attached to an aromatic ring is 1. The normalized spacial score (nSPS) is 11.3. The number of nitrogens with zero attached hydrogens (tertiary/aromatic N) is 1. The van der Waals surface area contributed by atoms with Gasteiger partial charge >= 0.3 is 0 Å². The van der Waals surface area contributed by atoms with Gasteiger partial charge in [0.2, 0.25) is 0 Å². The Bertz CT molecular complexity index is 435. The number of nitrogens with two attached hydrogens (primary N) is 1. The van der Waals surface area contributed by atoms with Gasteiger partial charge in [0.05, 0.1) is 10.6 Å². The third-order valence-electron chi connectivity index (χ3n) is 2.29. The predicted octanol–water partition coefficient (Wildman–Crippen LogP) is 1.86. The Morgan fingerprint density at radius 2 is 2.22 bits per heavy atom. The molecule has 0 radical (unpaired) electrons. The van der Waals surface area contributed by atoms with Crippen molar-refractivity contribution in [2.24, 2.45) is 0 Å². The van der Waals surface area contributed by atoms with E-state index in [9.17, 15) is 4.79 Å². The Balaban J connectivity index is 2.69. The van der Waals surface area contributed by atoms with Gasteiger partial charge in [0.1, 0.15) is 11.5 Å². The van der Waals surface area contributed by atoms with E-state index in [0.717, 1.165) is 0 Å². The van der Waals surface area contributed by atoms with Crippen molar-refractivity contribution in [3.63, 3.8) is 0 Å². The van der Waals surface area contributed by atoms with Crippen LogP contribution in [0.5, 0.6) is 0 Å². The maximum Gasteiger partial charge on any atom is 0.271 e. The highest BCUT2D eigenvalue weighted by Crippen LogP contribution is 2.15. The predicted molar refractivity (Wildman–Crippen MR) is 71.7 cm³/mol. The van der Waals surface area contributed by atoms with Gasteiger partial charge in [0.15, 0.2) is 0 Å². The van der Waals surface area contributed by atoms with E-state index in [2.05, 4.69) is 10.3 Å². The first-order valence-electron chi connectivity index (χ1n) is 5.70. The minimum atomic E-state index is -0.433. The Kier molecular flexibility index (Phi) is 4.93. The standard InChI is InChI=1S/C12H18ClN3O2/c1-4-18-12(2,3)7-15-11(17)10-8(13)5-6-9(14)16-10/h5-6H,4,7H2,1-3H3,(H2,14,16)(H,15,17). The summed E-state index contributed by atoms with van der Waals surface area (Å²) in [6.45, 7) is 6.64. The minimum Gasteiger partial charge on any atom is -0.384 e. The van der Waals surface area contributed by atoms with E-state index < -0.39 is 5.60 Å². The van der Waals surface area contributed by atoms with Crippen LogP contribution in [0.25, 0.3) is 0 Å². The van der Waals surface area contributed by atoms with Gasteiger partial charge in [0.25, 0.3) is 5.91 Å². The lowest BCUT2D eigenvalue weighted by Crippen LogP contribution is -2.40. The maximum absolute atomic E-state index is 11.9. The molecule has 1 amide bonds. The largest absolute Gasteiger partial charge is 0.384 e. The fourth-order valence-electron chi connectivity index (χ4n) is 1.44. The van der Waals surface area contributed by atoms with Gasteiger partial charge in [-0.2, -0.15) is 0 Å². The summed E-state index contributed by atoms with van der Waals surface area (Å²) >= 11 is 5.89. The van der Waals surface area contributed by atoms with Gasteiger partial charge in [0, 0.05) is 13.2 Å². The number of hydrogen-bond acceptors (Lipinski definition) is 4. The Hall–Kier alpha value is -1.33. The van der Waals surface area contributed by atoms with Crippen molar-refractivity contribution in [2.75, 3.05) is 18.9 Å². The zero-order valence-corrected chi connectivity index (χ0v) is 11.5. The molecule has 1 heterocycles. The molecule has 5 nitrogen and oxygen atoms in total. The molecule has 0 aromatic carbocycles. The molecular formula is C12H18ClN3O2. The fraction of sp³-hybridized carbons (Fsp3) is 0.500. The first-order chi connectivity index (χ1) is 8.35. The van der Waals surface area contributed by atoms with Gasteiger partial charge in [-0.1, -0.05) is 11.6 Å². The molecule has 1 aromatic rings. The molecule has 0 spiro atoms. The van der Waals surface area contributed by atoms with Crippen LogP contribution in [0, 0.1) is 0 Å². The number of ether oxygens (including phenoxy) is 1. The number of aromatic nitrogens is 1. The highest BCUT2D eigenvalue weighted by atomic mass is 35.5. The summed E-state index contributed by atoms with van der Waals surface area (Å²) in [4.78, 5) is 15.8. The van der Waals surface area contributed by atoms with Crippen LogP contribution in [0.2, 0.25) is 5.02 Å². The van der Waals surface area contributed by atoms with Gasteiger partial charge in [-0.05, 0) is 32.9 Å². The minimum absolute atomic E-state index is 0.129. The summed E-state index contributed by atoms with van der Waals surface area (Å²) < 4.78 is 5.48. The molecule has 0 aliphatic carbocycles. The first-order valence-corrected chi connectivity index (χ1v) is 6.07. The summed E-state index contributed by atoms with van der Waals surface area (Å²) in [5, 5.41) is 3.00. The molecule has 1 rings (SSSR count). The van der Waals surface area contributed by atoms with Crippen LogP contribution in [0.15, 0.2) is 12.1 Å². The molecule has 0 aliphatic heterocycles. The van der Waals surface area contributed by atoms with E-state index in [-0.39, 0.29) is 22.4 Å². The zero-order valence-electron chi connectivity index (χ0n) is 10.8. The molecule has 0 saturated carbocycles. The quantitative estimate of drug-likeness (QED) is 0.857. The van der Waals surface area contributed by atoms with E-state index in [1.165, 1.54) is 0 Å². The third-order valence-corrected chi connectivity index (χ3v) is 2.60. The van der Waals surface area contributed by atoms with Crippen LogP contribution < -0.4 is 11.1 Å². The average Bonchev–Trinajstić information content (AvgIpc) is 2.29. The molecule has 0 unspecified atom stereocenters. The van der Waals surface area contributed by atoms with Crippen molar-refractivity contribution < 1.29 is 9.53 Å². The lowest BCUT2D eigenvalue weighted by atomic mass is 10.1. The summed E-state index contributed by atoms with van der Waals surface area (Å²) in [5.41, 5.74) is 5.22. The number of nitrogens with one attached hydrogen (secondary N) is 1. The monoisotopic (exact) mass is 271 g/mol. The molecule has 3 N–H and O–H groups in total. The molecule has 1 aromatic heterocycles. The molecule has 0 saturated heterocycles. The number of carbonyl (C=O) groups is 1. The lowest BCUT2D eigenvalue weighted by Gasteiger charge is -2.24. The van der Waals surface area contributed by atoms with Crippen LogP contribution in [0.4, 0.5) is 5.82 Å². The molecule has 18 heavy (non-hydrogen) atoms. The first kappa shape index (κ1) is 14.7. The van der Waals surface area contributed by atoms with E-state index in [1.807, 2.05) is 20.8 Å².